The fourth-order valence-corrected chi connectivity index (χ4v) is 3.02. The zero-order chi connectivity index (χ0) is 14.7. The summed E-state index contributed by atoms with van der Waals surface area (Å²) in [5.41, 5.74) is 0.680. The molecule has 0 spiro atoms. The maximum absolute atomic E-state index is 6.21. The second-order valence-corrected chi connectivity index (χ2v) is 8.05. The van der Waals surface area contributed by atoms with Crippen molar-refractivity contribution in [3.05, 3.63) is 0 Å². The van der Waals surface area contributed by atoms with E-state index in [0.717, 1.165) is 6.54 Å². The Bertz CT molecular complexity index is 273. The summed E-state index contributed by atoms with van der Waals surface area (Å²) in [4.78, 5) is 0. The molecular weight excluding hydrogens is 234 g/mol. The van der Waals surface area contributed by atoms with Gasteiger partial charge >= 0.3 is 0 Å². The van der Waals surface area contributed by atoms with Crippen molar-refractivity contribution < 1.29 is 4.74 Å². The molecule has 1 atom stereocenters. The Balaban J connectivity index is 2.61. The van der Waals surface area contributed by atoms with Crippen molar-refractivity contribution in [3.8, 4) is 0 Å². The van der Waals surface area contributed by atoms with E-state index in [9.17, 15) is 0 Å². The summed E-state index contributed by atoms with van der Waals surface area (Å²) < 4.78 is 6.21. The van der Waals surface area contributed by atoms with Gasteiger partial charge in [-0.3, -0.25) is 0 Å². The van der Waals surface area contributed by atoms with Crippen LogP contribution in [-0.2, 0) is 4.74 Å². The fourth-order valence-electron chi connectivity index (χ4n) is 3.02. The van der Waals surface area contributed by atoms with Crippen LogP contribution >= 0.6 is 0 Å². The van der Waals surface area contributed by atoms with E-state index in [1.807, 2.05) is 0 Å². The monoisotopic (exact) mass is 269 g/mol. The molecule has 0 bridgehead atoms. The standard InChI is InChI=1S/C17H35NO/c1-8-17(9-2,13-18-15(3,4)5)12-14-10-11-16(6,7)19-14/h14,18H,8-13H2,1-7H3. The lowest BCUT2D eigenvalue weighted by Gasteiger charge is -2.37. The molecule has 0 aromatic carbocycles. The van der Waals surface area contributed by atoms with Crippen LogP contribution in [0, 0.1) is 5.41 Å². The SMILES string of the molecule is CCC(CC)(CNC(C)(C)C)CC1CCC(C)(C)O1. The average Bonchev–Trinajstić information content (AvgIpc) is 2.63. The Morgan fingerprint density at radius 2 is 1.74 bits per heavy atom. The van der Waals surface area contributed by atoms with E-state index in [0.29, 0.717) is 11.5 Å². The summed E-state index contributed by atoms with van der Waals surface area (Å²) in [6.45, 7) is 16.9. The number of hydrogen-bond acceptors (Lipinski definition) is 2. The molecule has 1 fully saturated rings. The Kier molecular flexibility index (Phi) is 5.48. The molecule has 0 aromatic rings. The van der Waals surface area contributed by atoms with Gasteiger partial charge in [-0.15, -0.1) is 0 Å². The summed E-state index contributed by atoms with van der Waals surface area (Å²) in [5, 5.41) is 3.70. The molecule has 19 heavy (non-hydrogen) atoms. The highest BCUT2D eigenvalue weighted by Gasteiger charge is 2.37. The van der Waals surface area contributed by atoms with E-state index in [-0.39, 0.29) is 11.1 Å². The molecule has 0 aliphatic carbocycles. The summed E-state index contributed by atoms with van der Waals surface area (Å²) in [7, 11) is 0. The van der Waals surface area contributed by atoms with Gasteiger partial charge in [0.2, 0.25) is 0 Å². The molecule has 114 valence electrons. The molecular formula is C17H35NO. The highest BCUT2D eigenvalue weighted by atomic mass is 16.5. The van der Waals surface area contributed by atoms with E-state index in [4.69, 9.17) is 4.74 Å². The van der Waals surface area contributed by atoms with Crippen LogP contribution in [0.3, 0.4) is 0 Å². The van der Waals surface area contributed by atoms with Crippen LogP contribution in [0.4, 0.5) is 0 Å². The highest BCUT2D eigenvalue weighted by molar-refractivity contribution is 4.89. The Morgan fingerprint density at radius 1 is 1.16 bits per heavy atom. The number of nitrogens with one attached hydrogen (secondary N) is 1. The van der Waals surface area contributed by atoms with Gasteiger partial charge < -0.3 is 10.1 Å². The molecule has 0 radical (unpaired) electrons. The predicted octanol–water partition coefficient (Wildman–Crippen LogP) is 4.53. The lowest BCUT2D eigenvalue weighted by Crippen LogP contribution is -2.45. The number of rotatable bonds is 6. The van der Waals surface area contributed by atoms with Crippen LogP contribution < -0.4 is 5.32 Å². The maximum Gasteiger partial charge on any atom is 0.0631 e. The van der Waals surface area contributed by atoms with Gasteiger partial charge in [0, 0.05) is 12.1 Å². The topological polar surface area (TPSA) is 21.3 Å². The molecule has 1 N–H and O–H groups in total. The minimum Gasteiger partial charge on any atom is -0.372 e. The molecule has 0 aromatic heterocycles. The predicted molar refractivity (Wildman–Crippen MR) is 83.6 cm³/mol. The molecule has 1 rings (SSSR count). The number of ether oxygens (including phenoxy) is 1. The lowest BCUT2D eigenvalue weighted by molar-refractivity contribution is -0.0376. The third-order valence-electron chi connectivity index (χ3n) is 4.71. The minimum atomic E-state index is 0.0926. The Labute approximate surface area is 120 Å². The molecule has 2 nitrogen and oxygen atoms in total. The van der Waals surface area contributed by atoms with Crippen LogP contribution in [0.25, 0.3) is 0 Å². The van der Waals surface area contributed by atoms with Crippen molar-refractivity contribution in [1.29, 1.82) is 0 Å². The molecule has 1 unspecified atom stereocenters. The zero-order valence-electron chi connectivity index (χ0n) is 14.2. The normalized spacial score (nSPS) is 23.8. The van der Waals surface area contributed by atoms with Gasteiger partial charge in [-0.05, 0) is 72.1 Å². The lowest BCUT2D eigenvalue weighted by atomic mass is 9.76. The minimum absolute atomic E-state index is 0.0926. The Morgan fingerprint density at radius 3 is 2.11 bits per heavy atom. The maximum atomic E-state index is 6.21. The number of hydrogen-bond donors (Lipinski definition) is 1. The zero-order valence-corrected chi connectivity index (χ0v) is 14.2. The molecule has 1 aliphatic rings. The van der Waals surface area contributed by atoms with Gasteiger partial charge in [0.15, 0.2) is 0 Å². The smallest absolute Gasteiger partial charge is 0.0631 e. The second kappa shape index (κ2) is 6.13. The van der Waals surface area contributed by atoms with Crippen molar-refractivity contribution in [2.45, 2.75) is 97.8 Å². The van der Waals surface area contributed by atoms with E-state index >= 15 is 0 Å². The molecule has 1 heterocycles. The first-order valence-electron chi connectivity index (χ1n) is 8.04. The van der Waals surface area contributed by atoms with Crippen molar-refractivity contribution in [3.63, 3.8) is 0 Å². The first-order chi connectivity index (χ1) is 8.61. The first-order valence-corrected chi connectivity index (χ1v) is 8.04. The largest absolute Gasteiger partial charge is 0.372 e. The quantitative estimate of drug-likeness (QED) is 0.765. The summed E-state index contributed by atoms with van der Waals surface area (Å²) >= 11 is 0. The van der Waals surface area contributed by atoms with E-state index < -0.39 is 0 Å². The van der Waals surface area contributed by atoms with E-state index in [1.54, 1.807) is 0 Å². The van der Waals surface area contributed by atoms with Gasteiger partial charge in [-0.1, -0.05) is 13.8 Å². The van der Waals surface area contributed by atoms with Crippen LogP contribution in [-0.4, -0.2) is 23.8 Å². The molecule has 1 aliphatic heterocycles. The van der Waals surface area contributed by atoms with E-state index in [1.165, 1.54) is 32.1 Å². The van der Waals surface area contributed by atoms with Gasteiger partial charge in [0.25, 0.3) is 0 Å². The van der Waals surface area contributed by atoms with Crippen molar-refractivity contribution in [2.24, 2.45) is 5.41 Å². The first kappa shape index (κ1) is 17.0. The molecule has 0 saturated carbocycles. The summed E-state index contributed by atoms with van der Waals surface area (Å²) in [6.07, 6.45) is 6.54. The van der Waals surface area contributed by atoms with Gasteiger partial charge in [-0.2, -0.15) is 0 Å². The van der Waals surface area contributed by atoms with E-state index in [2.05, 4.69) is 53.8 Å². The van der Waals surface area contributed by atoms with Gasteiger partial charge in [-0.25, -0.2) is 0 Å². The second-order valence-electron chi connectivity index (χ2n) is 8.05. The Hall–Kier alpha value is -0.0800. The molecule has 1 saturated heterocycles. The van der Waals surface area contributed by atoms with Crippen molar-refractivity contribution in [2.75, 3.05) is 6.54 Å². The highest BCUT2D eigenvalue weighted by Crippen LogP contribution is 2.39. The molecule has 2 heteroatoms. The fraction of sp³-hybridized carbons (Fsp3) is 1.00. The summed E-state index contributed by atoms with van der Waals surface area (Å²) in [5.74, 6) is 0. The van der Waals surface area contributed by atoms with Crippen molar-refractivity contribution in [1.82, 2.24) is 5.32 Å². The average molecular weight is 269 g/mol. The van der Waals surface area contributed by atoms with Crippen LogP contribution in [0.5, 0.6) is 0 Å². The van der Waals surface area contributed by atoms with Crippen molar-refractivity contribution >= 4 is 0 Å². The van der Waals surface area contributed by atoms with Crippen LogP contribution in [0.1, 0.15) is 80.6 Å². The van der Waals surface area contributed by atoms with Crippen LogP contribution in [0.2, 0.25) is 0 Å². The van der Waals surface area contributed by atoms with Crippen LogP contribution in [0.15, 0.2) is 0 Å². The molecule has 0 amide bonds. The van der Waals surface area contributed by atoms with Gasteiger partial charge in [0.05, 0.1) is 11.7 Å². The third kappa shape index (κ3) is 5.43. The van der Waals surface area contributed by atoms with Gasteiger partial charge in [0.1, 0.15) is 0 Å². The summed E-state index contributed by atoms with van der Waals surface area (Å²) in [6, 6.07) is 0. The third-order valence-corrected chi connectivity index (χ3v) is 4.71.